The highest BCUT2D eigenvalue weighted by Gasteiger charge is 2.31. The van der Waals surface area contributed by atoms with Gasteiger partial charge in [-0.2, -0.15) is 0 Å². The maximum absolute atomic E-state index is 12.5. The first-order valence-corrected chi connectivity index (χ1v) is 7.01. The molecule has 2 atom stereocenters. The van der Waals surface area contributed by atoms with Gasteiger partial charge in [-0.3, -0.25) is 4.79 Å². The minimum Gasteiger partial charge on any atom is -0.378 e. The van der Waals surface area contributed by atoms with Gasteiger partial charge in [-0.05, 0) is 43.7 Å². The van der Waals surface area contributed by atoms with E-state index in [0.29, 0.717) is 5.92 Å². The summed E-state index contributed by atoms with van der Waals surface area (Å²) < 4.78 is 5.50. The van der Waals surface area contributed by atoms with Crippen LogP contribution in [-0.4, -0.2) is 18.5 Å². The predicted octanol–water partition coefficient (Wildman–Crippen LogP) is 3.56. The topological polar surface area (TPSA) is 26.3 Å². The maximum Gasteiger partial charge on any atom is 0.168 e. The summed E-state index contributed by atoms with van der Waals surface area (Å²) in [6.07, 6.45) is 4.83. The van der Waals surface area contributed by atoms with Crippen molar-refractivity contribution in [1.82, 2.24) is 0 Å². The van der Waals surface area contributed by atoms with Crippen LogP contribution in [0.2, 0.25) is 0 Å². The van der Waals surface area contributed by atoms with Crippen LogP contribution < -0.4 is 0 Å². The van der Waals surface area contributed by atoms with Crippen LogP contribution in [-0.2, 0) is 4.74 Å². The Hall–Kier alpha value is -1.15. The smallest absolute Gasteiger partial charge is 0.168 e. The third-order valence-electron chi connectivity index (χ3n) is 4.46. The van der Waals surface area contributed by atoms with E-state index in [4.69, 9.17) is 4.74 Å². The molecule has 96 valence electrons. The number of ketones is 1. The Morgan fingerprint density at radius 3 is 2.72 bits per heavy atom. The van der Waals surface area contributed by atoms with Crippen LogP contribution in [0.4, 0.5) is 0 Å². The van der Waals surface area contributed by atoms with E-state index in [2.05, 4.69) is 12.1 Å². The van der Waals surface area contributed by atoms with E-state index >= 15 is 0 Å². The predicted molar refractivity (Wildman–Crippen MR) is 70.9 cm³/mol. The van der Waals surface area contributed by atoms with Gasteiger partial charge in [0.05, 0.1) is 12.0 Å². The number of ether oxygens (including phenoxy) is 1. The minimum absolute atomic E-state index is 0.0571. The zero-order valence-corrected chi connectivity index (χ0v) is 10.9. The molecule has 2 fully saturated rings. The molecule has 0 spiro atoms. The van der Waals surface area contributed by atoms with Gasteiger partial charge in [0.1, 0.15) is 0 Å². The zero-order chi connectivity index (χ0) is 12.5. The van der Waals surface area contributed by atoms with Crippen LogP contribution in [0, 0.1) is 5.92 Å². The quantitative estimate of drug-likeness (QED) is 0.760. The molecule has 1 aliphatic heterocycles. The third-order valence-corrected chi connectivity index (χ3v) is 4.46. The largest absolute Gasteiger partial charge is 0.378 e. The average Bonchev–Trinajstić information content (AvgIpc) is 2.73. The van der Waals surface area contributed by atoms with Gasteiger partial charge in [0.25, 0.3) is 0 Å². The van der Waals surface area contributed by atoms with Crippen LogP contribution in [0.25, 0.3) is 0 Å². The van der Waals surface area contributed by atoms with Gasteiger partial charge < -0.3 is 4.74 Å². The van der Waals surface area contributed by atoms with Crippen LogP contribution in [0.5, 0.6) is 0 Å². The molecule has 0 aromatic heterocycles. The molecule has 2 aliphatic rings. The summed E-state index contributed by atoms with van der Waals surface area (Å²) in [7, 11) is 0. The van der Waals surface area contributed by atoms with E-state index in [1.165, 1.54) is 24.8 Å². The molecule has 18 heavy (non-hydrogen) atoms. The first kappa shape index (κ1) is 11.9. The van der Waals surface area contributed by atoms with Gasteiger partial charge in [-0.1, -0.05) is 24.6 Å². The Kier molecular flexibility index (Phi) is 3.21. The van der Waals surface area contributed by atoms with Gasteiger partial charge in [-0.15, -0.1) is 0 Å². The first-order valence-electron chi connectivity index (χ1n) is 7.01. The van der Waals surface area contributed by atoms with Crippen molar-refractivity contribution in [3.05, 3.63) is 35.4 Å². The Morgan fingerprint density at radius 2 is 2.11 bits per heavy atom. The SMILES string of the molecule is CC1OCCC1C(=O)c1cccc(C2CCC2)c1. The van der Waals surface area contributed by atoms with Crippen molar-refractivity contribution in [3.63, 3.8) is 0 Å². The van der Waals surface area contributed by atoms with Crippen LogP contribution in [0.15, 0.2) is 24.3 Å². The summed E-state index contributed by atoms with van der Waals surface area (Å²) in [6.45, 7) is 2.73. The van der Waals surface area contributed by atoms with Gasteiger partial charge in [0.15, 0.2) is 5.78 Å². The number of hydrogen-bond acceptors (Lipinski definition) is 2. The zero-order valence-electron chi connectivity index (χ0n) is 10.9. The van der Waals surface area contributed by atoms with Crippen molar-refractivity contribution in [2.45, 2.75) is 44.6 Å². The molecule has 3 rings (SSSR count). The Labute approximate surface area is 108 Å². The number of carbonyl (C=O) groups excluding carboxylic acids is 1. The second-order valence-electron chi connectivity index (χ2n) is 5.59. The second-order valence-corrected chi connectivity index (χ2v) is 5.59. The molecular formula is C16H20O2. The average molecular weight is 244 g/mol. The summed E-state index contributed by atoms with van der Waals surface area (Å²) in [4.78, 5) is 12.5. The number of carbonyl (C=O) groups is 1. The normalized spacial score (nSPS) is 28.1. The molecule has 0 amide bonds. The van der Waals surface area contributed by atoms with Gasteiger partial charge in [0, 0.05) is 12.2 Å². The number of hydrogen-bond donors (Lipinski definition) is 0. The highest BCUT2D eigenvalue weighted by molar-refractivity contribution is 5.98. The fourth-order valence-electron chi connectivity index (χ4n) is 2.98. The Bertz CT molecular complexity index is 448. The molecule has 1 heterocycles. The fourth-order valence-corrected chi connectivity index (χ4v) is 2.98. The van der Waals surface area contributed by atoms with Crippen LogP contribution in [0.3, 0.4) is 0 Å². The molecule has 1 saturated carbocycles. The van der Waals surface area contributed by atoms with Crippen molar-refractivity contribution in [2.24, 2.45) is 5.92 Å². The van der Waals surface area contributed by atoms with E-state index in [9.17, 15) is 4.79 Å². The van der Waals surface area contributed by atoms with E-state index in [1.807, 2.05) is 19.1 Å². The van der Waals surface area contributed by atoms with Crippen molar-refractivity contribution in [3.8, 4) is 0 Å². The first-order chi connectivity index (χ1) is 8.75. The van der Waals surface area contributed by atoms with Gasteiger partial charge >= 0.3 is 0 Å². The summed E-state index contributed by atoms with van der Waals surface area (Å²) in [5, 5.41) is 0. The molecule has 2 nitrogen and oxygen atoms in total. The van der Waals surface area contributed by atoms with E-state index < -0.39 is 0 Å². The third kappa shape index (κ3) is 2.10. The highest BCUT2D eigenvalue weighted by atomic mass is 16.5. The molecule has 2 heteroatoms. The van der Waals surface area contributed by atoms with Crippen LogP contribution >= 0.6 is 0 Å². The lowest BCUT2D eigenvalue weighted by Gasteiger charge is -2.26. The van der Waals surface area contributed by atoms with Crippen molar-refractivity contribution in [1.29, 1.82) is 0 Å². The molecule has 1 aromatic rings. The lowest BCUT2D eigenvalue weighted by atomic mass is 9.79. The molecule has 0 N–H and O–H groups in total. The summed E-state index contributed by atoms with van der Waals surface area (Å²) in [5.74, 6) is 1.01. The van der Waals surface area contributed by atoms with Crippen molar-refractivity contribution >= 4 is 5.78 Å². The molecular weight excluding hydrogens is 224 g/mol. The molecule has 1 saturated heterocycles. The minimum atomic E-state index is 0.0571. The number of Topliss-reactive ketones (excluding diaryl/α,β-unsaturated/α-hetero) is 1. The van der Waals surface area contributed by atoms with Gasteiger partial charge in [-0.25, -0.2) is 0 Å². The molecule has 0 radical (unpaired) electrons. The maximum atomic E-state index is 12.5. The fraction of sp³-hybridized carbons (Fsp3) is 0.562. The number of benzene rings is 1. The second kappa shape index (κ2) is 4.85. The van der Waals surface area contributed by atoms with Crippen molar-refractivity contribution < 1.29 is 9.53 Å². The Morgan fingerprint density at radius 1 is 1.28 bits per heavy atom. The van der Waals surface area contributed by atoms with Crippen LogP contribution in [0.1, 0.15) is 54.4 Å². The van der Waals surface area contributed by atoms with Gasteiger partial charge in [0.2, 0.25) is 0 Å². The molecule has 1 aromatic carbocycles. The van der Waals surface area contributed by atoms with E-state index in [1.54, 1.807) is 0 Å². The van der Waals surface area contributed by atoms with E-state index in [-0.39, 0.29) is 17.8 Å². The summed E-state index contributed by atoms with van der Waals surface area (Å²) in [6, 6.07) is 8.25. The molecule has 0 bridgehead atoms. The molecule has 1 aliphatic carbocycles. The number of rotatable bonds is 3. The van der Waals surface area contributed by atoms with Crippen molar-refractivity contribution in [2.75, 3.05) is 6.61 Å². The lowest BCUT2D eigenvalue weighted by molar-refractivity contribution is 0.0764. The molecule has 2 unspecified atom stereocenters. The monoisotopic (exact) mass is 244 g/mol. The van der Waals surface area contributed by atoms with E-state index in [0.717, 1.165) is 18.6 Å². The summed E-state index contributed by atoms with van der Waals surface area (Å²) >= 11 is 0. The Balaban J connectivity index is 1.80. The summed E-state index contributed by atoms with van der Waals surface area (Å²) in [5.41, 5.74) is 2.22. The highest BCUT2D eigenvalue weighted by Crippen LogP contribution is 2.37. The standard InChI is InChI=1S/C16H20O2/c1-11-15(8-9-18-11)16(17)14-7-3-6-13(10-14)12-4-2-5-12/h3,6-7,10-12,15H,2,4-5,8-9H2,1H3. The lowest BCUT2D eigenvalue weighted by Crippen LogP contribution is -2.22.